The number of para-hydroxylation sites is 1. The van der Waals surface area contributed by atoms with Crippen LogP contribution in [0.5, 0.6) is 5.75 Å². The molecule has 18 heavy (non-hydrogen) atoms. The Morgan fingerprint density at radius 3 is 2.28 bits per heavy atom. The van der Waals surface area contributed by atoms with Gasteiger partial charge in [-0.2, -0.15) is 0 Å². The van der Waals surface area contributed by atoms with Crippen LogP contribution in [-0.4, -0.2) is 23.9 Å². The predicted octanol–water partition coefficient (Wildman–Crippen LogP) is 2.53. The predicted molar refractivity (Wildman–Crippen MR) is 74.8 cm³/mol. The first-order valence-electron chi connectivity index (χ1n) is 6.59. The van der Waals surface area contributed by atoms with Gasteiger partial charge in [0.05, 0.1) is 6.61 Å². The molecule has 0 fully saturated rings. The molecular weight excluding hydrogens is 226 g/mol. The molecule has 102 valence electrons. The van der Waals surface area contributed by atoms with Crippen LogP contribution in [-0.2, 0) is 0 Å². The molecule has 1 aromatic rings. The molecule has 2 atom stereocenters. The van der Waals surface area contributed by atoms with E-state index >= 15 is 0 Å². The zero-order chi connectivity index (χ0) is 13.7. The van der Waals surface area contributed by atoms with E-state index in [-0.39, 0.29) is 24.7 Å². The summed E-state index contributed by atoms with van der Waals surface area (Å²) in [5.74, 6) is 1.48. The van der Waals surface area contributed by atoms with Crippen LogP contribution in [0.3, 0.4) is 0 Å². The summed E-state index contributed by atoms with van der Waals surface area (Å²) in [4.78, 5) is 0. The number of aliphatic hydroxyl groups is 1. The molecule has 1 rings (SSSR count). The van der Waals surface area contributed by atoms with Crippen molar-refractivity contribution in [3.05, 3.63) is 29.8 Å². The van der Waals surface area contributed by atoms with Crippen molar-refractivity contribution < 1.29 is 9.84 Å². The number of hydrogen-bond acceptors (Lipinski definition) is 3. The van der Waals surface area contributed by atoms with E-state index in [1.165, 1.54) is 0 Å². The lowest BCUT2D eigenvalue weighted by Crippen LogP contribution is -2.45. The van der Waals surface area contributed by atoms with Crippen molar-refractivity contribution in [2.75, 3.05) is 6.61 Å². The average Bonchev–Trinajstić information content (AvgIpc) is 2.35. The number of rotatable bonds is 6. The van der Waals surface area contributed by atoms with Crippen LogP contribution in [0, 0.1) is 5.92 Å². The topological polar surface area (TPSA) is 55.5 Å². The monoisotopic (exact) mass is 251 g/mol. The Kier molecular flexibility index (Phi) is 5.63. The number of aliphatic hydroxyl groups excluding tert-OH is 1. The maximum Gasteiger partial charge on any atom is 0.137 e. The molecule has 2 unspecified atom stereocenters. The van der Waals surface area contributed by atoms with Gasteiger partial charge in [0.1, 0.15) is 11.9 Å². The highest BCUT2D eigenvalue weighted by molar-refractivity contribution is 5.35. The molecule has 1 aromatic carbocycles. The van der Waals surface area contributed by atoms with Gasteiger partial charge in [-0.25, -0.2) is 0 Å². The molecule has 0 amide bonds. The van der Waals surface area contributed by atoms with Gasteiger partial charge in [0.25, 0.3) is 0 Å². The van der Waals surface area contributed by atoms with Crippen molar-refractivity contribution in [2.24, 2.45) is 11.7 Å². The van der Waals surface area contributed by atoms with Crippen molar-refractivity contribution in [1.29, 1.82) is 0 Å². The summed E-state index contributed by atoms with van der Waals surface area (Å²) in [5.41, 5.74) is 7.21. The first-order chi connectivity index (χ1) is 8.47. The highest BCUT2D eigenvalue weighted by atomic mass is 16.5. The smallest absolute Gasteiger partial charge is 0.137 e. The van der Waals surface area contributed by atoms with Gasteiger partial charge in [0, 0.05) is 6.04 Å². The Morgan fingerprint density at radius 2 is 1.78 bits per heavy atom. The molecule has 3 N–H and O–H groups in total. The lowest BCUT2D eigenvalue weighted by molar-refractivity contribution is 0.0800. The van der Waals surface area contributed by atoms with Gasteiger partial charge in [-0.3, -0.25) is 0 Å². The van der Waals surface area contributed by atoms with Gasteiger partial charge in [0.2, 0.25) is 0 Å². The van der Waals surface area contributed by atoms with Crippen LogP contribution in [0.1, 0.15) is 39.2 Å². The van der Waals surface area contributed by atoms with Crippen LogP contribution in [0.15, 0.2) is 24.3 Å². The zero-order valence-electron chi connectivity index (χ0n) is 11.8. The maximum absolute atomic E-state index is 9.43. The Labute approximate surface area is 110 Å². The van der Waals surface area contributed by atoms with Crippen LogP contribution in [0.4, 0.5) is 0 Å². The number of ether oxygens (including phenoxy) is 1. The molecule has 0 spiro atoms. The van der Waals surface area contributed by atoms with E-state index in [9.17, 15) is 5.11 Å². The zero-order valence-corrected chi connectivity index (χ0v) is 11.8. The van der Waals surface area contributed by atoms with Crippen LogP contribution in [0.25, 0.3) is 0 Å². The molecule has 0 aliphatic heterocycles. The highest BCUT2D eigenvalue weighted by Gasteiger charge is 2.23. The number of benzene rings is 1. The Bertz CT molecular complexity index is 363. The largest absolute Gasteiger partial charge is 0.486 e. The molecular formula is C15H25NO2. The van der Waals surface area contributed by atoms with E-state index in [0.717, 1.165) is 11.3 Å². The SMILES string of the molecule is CC(C)c1ccccc1OC(CO)C(N)C(C)C. The van der Waals surface area contributed by atoms with Gasteiger partial charge in [-0.1, -0.05) is 45.9 Å². The van der Waals surface area contributed by atoms with Crippen LogP contribution in [0.2, 0.25) is 0 Å². The second-order valence-electron chi connectivity index (χ2n) is 5.35. The van der Waals surface area contributed by atoms with E-state index in [4.69, 9.17) is 10.5 Å². The van der Waals surface area contributed by atoms with Gasteiger partial charge in [0.15, 0.2) is 0 Å². The fraction of sp³-hybridized carbons (Fsp3) is 0.600. The minimum Gasteiger partial charge on any atom is -0.486 e. The molecule has 0 saturated carbocycles. The number of hydrogen-bond donors (Lipinski definition) is 2. The van der Waals surface area contributed by atoms with Gasteiger partial charge < -0.3 is 15.6 Å². The summed E-state index contributed by atoms with van der Waals surface area (Å²) < 4.78 is 5.90. The van der Waals surface area contributed by atoms with Gasteiger partial charge in [-0.05, 0) is 23.5 Å². The minimum absolute atomic E-state index is 0.0637. The first kappa shape index (κ1) is 15.0. The molecule has 3 heteroatoms. The third kappa shape index (κ3) is 3.72. The summed E-state index contributed by atoms with van der Waals surface area (Å²) in [6.45, 7) is 8.25. The second-order valence-corrected chi connectivity index (χ2v) is 5.35. The van der Waals surface area contributed by atoms with Crippen LogP contribution < -0.4 is 10.5 Å². The Hall–Kier alpha value is -1.06. The van der Waals surface area contributed by atoms with Crippen molar-refractivity contribution >= 4 is 0 Å². The Morgan fingerprint density at radius 1 is 1.17 bits per heavy atom. The second kappa shape index (κ2) is 6.76. The molecule has 0 heterocycles. The van der Waals surface area contributed by atoms with Crippen molar-refractivity contribution in [3.8, 4) is 5.75 Å². The Balaban J connectivity index is 2.88. The fourth-order valence-corrected chi connectivity index (χ4v) is 1.89. The fourth-order valence-electron chi connectivity index (χ4n) is 1.89. The standard InChI is InChI=1S/C15H25NO2/c1-10(2)12-7-5-6-8-13(12)18-14(9-17)15(16)11(3)4/h5-8,10-11,14-15,17H,9,16H2,1-4H3. The highest BCUT2D eigenvalue weighted by Crippen LogP contribution is 2.27. The molecule has 3 nitrogen and oxygen atoms in total. The maximum atomic E-state index is 9.43. The lowest BCUT2D eigenvalue weighted by atomic mass is 9.99. The summed E-state index contributed by atoms with van der Waals surface area (Å²) in [6.07, 6.45) is -0.357. The van der Waals surface area contributed by atoms with Crippen molar-refractivity contribution in [3.63, 3.8) is 0 Å². The van der Waals surface area contributed by atoms with Gasteiger partial charge >= 0.3 is 0 Å². The quantitative estimate of drug-likeness (QED) is 0.817. The van der Waals surface area contributed by atoms with E-state index < -0.39 is 0 Å². The molecule has 0 aliphatic rings. The van der Waals surface area contributed by atoms with Crippen LogP contribution >= 0.6 is 0 Å². The summed E-state index contributed by atoms with van der Waals surface area (Å²) in [5, 5.41) is 9.43. The summed E-state index contributed by atoms with van der Waals surface area (Å²) in [7, 11) is 0. The molecule has 0 saturated heterocycles. The molecule has 0 radical (unpaired) electrons. The van der Waals surface area contributed by atoms with Gasteiger partial charge in [-0.15, -0.1) is 0 Å². The minimum atomic E-state index is -0.357. The van der Waals surface area contributed by atoms with Crippen molar-refractivity contribution in [1.82, 2.24) is 0 Å². The number of nitrogens with two attached hydrogens (primary N) is 1. The first-order valence-corrected chi connectivity index (χ1v) is 6.59. The van der Waals surface area contributed by atoms with E-state index in [0.29, 0.717) is 5.92 Å². The molecule has 0 aliphatic carbocycles. The normalized spacial score (nSPS) is 14.9. The molecule has 0 aromatic heterocycles. The average molecular weight is 251 g/mol. The third-order valence-corrected chi connectivity index (χ3v) is 3.20. The van der Waals surface area contributed by atoms with Crippen molar-refractivity contribution in [2.45, 2.75) is 45.8 Å². The lowest BCUT2D eigenvalue weighted by Gasteiger charge is -2.27. The van der Waals surface area contributed by atoms with E-state index in [1.54, 1.807) is 0 Å². The summed E-state index contributed by atoms with van der Waals surface area (Å²) >= 11 is 0. The summed E-state index contributed by atoms with van der Waals surface area (Å²) in [6, 6.07) is 7.75. The van der Waals surface area contributed by atoms with E-state index in [1.807, 2.05) is 32.0 Å². The third-order valence-electron chi connectivity index (χ3n) is 3.20. The molecule has 0 bridgehead atoms. The van der Waals surface area contributed by atoms with E-state index in [2.05, 4.69) is 19.9 Å².